The Hall–Kier alpha value is -2.55. The predicted molar refractivity (Wildman–Crippen MR) is 78.9 cm³/mol. The number of anilines is 1. The molecule has 1 aliphatic carbocycles. The summed E-state index contributed by atoms with van der Waals surface area (Å²) in [5.41, 5.74) is 1.35. The Morgan fingerprint density at radius 3 is 2.62 bits per heavy atom. The third-order valence-corrected chi connectivity index (χ3v) is 4.47. The van der Waals surface area contributed by atoms with Gasteiger partial charge in [-0.25, -0.2) is 18.6 Å². The lowest BCUT2D eigenvalue weighted by molar-refractivity contribution is -0.123. The fourth-order valence-electron chi connectivity index (χ4n) is 2.98. The second-order valence-electron chi connectivity index (χ2n) is 6.12. The van der Waals surface area contributed by atoms with E-state index in [1.54, 1.807) is 0 Å². The first-order chi connectivity index (χ1) is 11.3. The topological polar surface area (TPSA) is 78.2 Å². The van der Waals surface area contributed by atoms with E-state index in [2.05, 4.69) is 4.98 Å². The van der Waals surface area contributed by atoms with Crippen molar-refractivity contribution in [3.63, 3.8) is 0 Å². The second kappa shape index (κ2) is 4.73. The molecule has 1 atom stereocenters. The van der Waals surface area contributed by atoms with Crippen molar-refractivity contribution >= 4 is 23.3 Å². The Kier molecular flexibility index (Phi) is 2.96. The SMILES string of the molecule is CN1C(=O)CN(c2cc(C3CC3(F)F)cn3cc(CO)nc23)C1=O. The molecule has 1 saturated heterocycles. The van der Waals surface area contributed by atoms with Crippen molar-refractivity contribution in [2.45, 2.75) is 24.9 Å². The highest BCUT2D eigenvalue weighted by atomic mass is 19.3. The van der Waals surface area contributed by atoms with Crippen LogP contribution in [0.5, 0.6) is 0 Å². The van der Waals surface area contributed by atoms with E-state index in [9.17, 15) is 23.5 Å². The monoisotopic (exact) mass is 336 g/mol. The smallest absolute Gasteiger partial charge is 0.331 e. The molecule has 2 fully saturated rings. The molecule has 2 aromatic rings. The number of imide groups is 1. The zero-order valence-electron chi connectivity index (χ0n) is 12.7. The molecule has 24 heavy (non-hydrogen) atoms. The van der Waals surface area contributed by atoms with Crippen LogP contribution in [0.1, 0.15) is 23.6 Å². The third-order valence-electron chi connectivity index (χ3n) is 4.47. The predicted octanol–water partition coefficient (Wildman–Crippen LogP) is 1.35. The number of urea groups is 1. The summed E-state index contributed by atoms with van der Waals surface area (Å²) in [6.45, 7) is -0.486. The van der Waals surface area contributed by atoms with Gasteiger partial charge in [-0.2, -0.15) is 0 Å². The van der Waals surface area contributed by atoms with Crippen LogP contribution >= 0.6 is 0 Å². The van der Waals surface area contributed by atoms with Crippen LogP contribution in [0.25, 0.3) is 5.65 Å². The number of aliphatic hydroxyl groups is 1. The highest BCUT2D eigenvalue weighted by Gasteiger charge is 2.58. The quantitative estimate of drug-likeness (QED) is 0.858. The minimum Gasteiger partial charge on any atom is -0.390 e. The van der Waals surface area contributed by atoms with Gasteiger partial charge in [0.25, 0.3) is 5.92 Å². The van der Waals surface area contributed by atoms with Crippen LogP contribution in [0.3, 0.4) is 0 Å². The van der Waals surface area contributed by atoms with Crippen LogP contribution < -0.4 is 4.90 Å². The number of amides is 3. The molecule has 2 aliphatic rings. The molecule has 126 valence electrons. The highest BCUT2D eigenvalue weighted by molar-refractivity contribution is 6.13. The van der Waals surface area contributed by atoms with Crippen LogP contribution in [0.4, 0.5) is 19.3 Å². The first-order valence-corrected chi connectivity index (χ1v) is 7.40. The van der Waals surface area contributed by atoms with Gasteiger partial charge in [-0.3, -0.25) is 14.6 Å². The zero-order chi connectivity index (χ0) is 17.2. The molecule has 0 bridgehead atoms. The number of pyridine rings is 1. The van der Waals surface area contributed by atoms with E-state index < -0.39 is 17.9 Å². The normalized spacial score (nSPS) is 22.8. The molecule has 0 radical (unpaired) electrons. The molecule has 7 nitrogen and oxygen atoms in total. The van der Waals surface area contributed by atoms with Crippen molar-refractivity contribution in [1.82, 2.24) is 14.3 Å². The number of fused-ring (bicyclic) bond motifs is 1. The van der Waals surface area contributed by atoms with E-state index >= 15 is 0 Å². The molecule has 1 aliphatic heterocycles. The standard InChI is InChI=1S/C15H14F2N4O3/c1-19-12(23)6-21(14(19)24)11-2-8(10-3-15(10,16)17)4-20-5-9(7-22)18-13(11)20/h2,4-5,10,22H,3,6-7H2,1H3. The summed E-state index contributed by atoms with van der Waals surface area (Å²) in [4.78, 5) is 30.4. The van der Waals surface area contributed by atoms with E-state index in [1.165, 1.54) is 34.8 Å². The Labute approximate surface area is 135 Å². The van der Waals surface area contributed by atoms with E-state index in [1.807, 2.05) is 0 Å². The van der Waals surface area contributed by atoms with Gasteiger partial charge >= 0.3 is 6.03 Å². The van der Waals surface area contributed by atoms with Gasteiger partial charge in [0.05, 0.1) is 23.9 Å². The number of carbonyl (C=O) groups excluding carboxylic acids is 2. The van der Waals surface area contributed by atoms with Crippen LogP contribution in [-0.4, -0.2) is 50.8 Å². The van der Waals surface area contributed by atoms with Crippen LogP contribution in [-0.2, 0) is 11.4 Å². The minimum atomic E-state index is -2.76. The van der Waals surface area contributed by atoms with Gasteiger partial charge in [0.1, 0.15) is 6.54 Å². The molecule has 4 rings (SSSR count). The Morgan fingerprint density at radius 2 is 2.08 bits per heavy atom. The van der Waals surface area contributed by atoms with E-state index in [4.69, 9.17) is 0 Å². The number of imidazole rings is 1. The minimum absolute atomic E-state index is 0.170. The molecule has 1 saturated carbocycles. The summed E-state index contributed by atoms with van der Waals surface area (Å²) in [5.74, 6) is -4.05. The molecule has 2 aromatic heterocycles. The van der Waals surface area contributed by atoms with Gasteiger partial charge in [0.15, 0.2) is 5.65 Å². The number of aromatic nitrogens is 2. The summed E-state index contributed by atoms with van der Waals surface area (Å²) in [6.07, 6.45) is 2.81. The number of alkyl halides is 2. The summed E-state index contributed by atoms with van der Waals surface area (Å²) in [6, 6.07) is 0.953. The first kappa shape index (κ1) is 15.0. The molecule has 1 N–H and O–H groups in total. The van der Waals surface area contributed by atoms with Crippen molar-refractivity contribution in [1.29, 1.82) is 0 Å². The Balaban J connectivity index is 1.87. The van der Waals surface area contributed by atoms with Crippen molar-refractivity contribution in [3.8, 4) is 0 Å². The van der Waals surface area contributed by atoms with E-state index in [0.717, 1.165) is 4.90 Å². The number of aliphatic hydroxyl groups excluding tert-OH is 1. The molecule has 0 aromatic carbocycles. The molecular weight excluding hydrogens is 322 g/mol. The Morgan fingerprint density at radius 1 is 1.38 bits per heavy atom. The lowest BCUT2D eigenvalue weighted by atomic mass is 10.1. The van der Waals surface area contributed by atoms with Crippen molar-refractivity contribution in [2.24, 2.45) is 0 Å². The van der Waals surface area contributed by atoms with Crippen molar-refractivity contribution in [3.05, 3.63) is 29.7 Å². The van der Waals surface area contributed by atoms with Crippen molar-refractivity contribution in [2.75, 3.05) is 18.5 Å². The molecule has 0 spiro atoms. The van der Waals surface area contributed by atoms with Crippen LogP contribution in [0.15, 0.2) is 18.5 Å². The average molecular weight is 336 g/mol. The number of hydrogen-bond donors (Lipinski definition) is 1. The van der Waals surface area contributed by atoms with Crippen LogP contribution in [0, 0.1) is 0 Å². The fraction of sp³-hybridized carbons (Fsp3) is 0.400. The lowest BCUT2D eigenvalue weighted by Gasteiger charge is -2.17. The van der Waals surface area contributed by atoms with E-state index in [0.29, 0.717) is 16.9 Å². The fourth-order valence-corrected chi connectivity index (χ4v) is 2.98. The molecular formula is C15H14F2N4O3. The second-order valence-corrected chi connectivity index (χ2v) is 6.12. The van der Waals surface area contributed by atoms with Gasteiger partial charge < -0.3 is 9.51 Å². The molecule has 1 unspecified atom stereocenters. The Bertz CT molecular complexity index is 879. The van der Waals surface area contributed by atoms with Gasteiger partial charge in [0, 0.05) is 25.9 Å². The lowest BCUT2D eigenvalue weighted by Crippen LogP contribution is -2.30. The van der Waals surface area contributed by atoms with Gasteiger partial charge in [-0.1, -0.05) is 0 Å². The average Bonchev–Trinajstić information content (AvgIpc) is 2.90. The molecule has 3 amide bonds. The third kappa shape index (κ3) is 2.08. The van der Waals surface area contributed by atoms with Gasteiger partial charge in [0.2, 0.25) is 5.91 Å². The maximum absolute atomic E-state index is 13.5. The molecule has 3 heterocycles. The van der Waals surface area contributed by atoms with Gasteiger partial charge in [-0.15, -0.1) is 0 Å². The maximum Gasteiger partial charge on any atom is 0.331 e. The number of likely N-dealkylation sites (N-methyl/N-ethyl adjacent to an activating group) is 1. The summed E-state index contributed by atoms with van der Waals surface area (Å²) >= 11 is 0. The molecule has 9 heteroatoms. The highest BCUT2D eigenvalue weighted by Crippen LogP contribution is 2.56. The van der Waals surface area contributed by atoms with Gasteiger partial charge in [-0.05, 0) is 11.6 Å². The number of rotatable bonds is 3. The van der Waals surface area contributed by atoms with Crippen LogP contribution in [0.2, 0.25) is 0 Å². The first-order valence-electron chi connectivity index (χ1n) is 7.40. The zero-order valence-corrected chi connectivity index (χ0v) is 12.7. The summed E-state index contributed by atoms with van der Waals surface area (Å²) in [5, 5.41) is 9.27. The summed E-state index contributed by atoms with van der Waals surface area (Å²) < 4.78 is 28.4. The number of halogens is 2. The van der Waals surface area contributed by atoms with Crippen molar-refractivity contribution < 1.29 is 23.5 Å². The van der Waals surface area contributed by atoms with E-state index in [-0.39, 0.29) is 31.2 Å². The summed E-state index contributed by atoms with van der Waals surface area (Å²) in [7, 11) is 1.37. The largest absolute Gasteiger partial charge is 0.390 e. The maximum atomic E-state index is 13.5. The number of hydrogen-bond acceptors (Lipinski definition) is 4. The number of nitrogens with zero attached hydrogens (tertiary/aromatic N) is 4. The number of carbonyl (C=O) groups is 2.